The first kappa shape index (κ1) is 41.8. The number of aromatic nitrogens is 4. The number of para-hydroxylation sites is 4. The molecule has 0 amide bonds. The van der Waals surface area contributed by atoms with Crippen molar-refractivity contribution in [1.82, 2.24) is 18.3 Å². The van der Waals surface area contributed by atoms with Gasteiger partial charge in [-0.25, -0.2) is 0 Å². The minimum atomic E-state index is 1.08. The summed E-state index contributed by atoms with van der Waals surface area (Å²) in [6, 6.07) is 102. The third-order valence-electron chi connectivity index (χ3n) is 15.2. The van der Waals surface area contributed by atoms with Crippen molar-refractivity contribution in [3.05, 3.63) is 279 Å². The van der Waals surface area contributed by atoms with E-state index in [1.807, 2.05) is 0 Å². The second-order valence-corrected chi connectivity index (χ2v) is 19.2. The molecule has 11 aromatic carbocycles. The molecule has 0 aliphatic carbocycles. The van der Waals surface area contributed by atoms with Gasteiger partial charge in [-0.3, -0.25) is 0 Å². The fraction of sp³-hybridized carbons (Fsp3) is 0. The van der Waals surface area contributed by atoms with Crippen molar-refractivity contribution in [1.29, 1.82) is 0 Å². The SMILES string of the molecule is c1ccc(-c2ccc(-c3ccccc3)n2-c2ccc3c(-n4c5ccccc5c5ccccc54)c4cc(-n5c(-c6ccccc6)ccc5-c5ccccc5)ccc4c(-n4c5ccccc5c5ccccc54)c3c2)cc1. The Hall–Kier alpha value is -9.90. The fourth-order valence-corrected chi connectivity index (χ4v) is 12.0. The smallest absolute Gasteiger partial charge is 0.0621 e. The van der Waals surface area contributed by atoms with Crippen LogP contribution in [0.25, 0.3) is 133 Å². The van der Waals surface area contributed by atoms with E-state index in [0.29, 0.717) is 0 Å². The van der Waals surface area contributed by atoms with Crippen molar-refractivity contribution >= 4 is 65.2 Å². The van der Waals surface area contributed by atoms with Crippen molar-refractivity contribution in [2.45, 2.75) is 0 Å². The monoisotopic (exact) mass is 942 g/mol. The van der Waals surface area contributed by atoms with Crippen molar-refractivity contribution in [3.63, 3.8) is 0 Å². The second kappa shape index (κ2) is 16.9. The van der Waals surface area contributed by atoms with Crippen molar-refractivity contribution < 1.29 is 0 Å². The van der Waals surface area contributed by atoms with E-state index in [9.17, 15) is 0 Å². The Labute approximate surface area is 428 Å². The highest BCUT2D eigenvalue weighted by molar-refractivity contribution is 6.21. The lowest BCUT2D eigenvalue weighted by molar-refractivity contribution is 1.09. The van der Waals surface area contributed by atoms with E-state index < -0.39 is 0 Å². The number of fused-ring (bicyclic) bond motifs is 8. The Balaban J connectivity index is 1.14. The Morgan fingerprint density at radius 1 is 0.176 bits per heavy atom. The van der Waals surface area contributed by atoms with Crippen molar-refractivity contribution in [2.24, 2.45) is 0 Å². The lowest BCUT2D eigenvalue weighted by Crippen LogP contribution is -2.06. The Kier molecular flexibility index (Phi) is 9.54. The van der Waals surface area contributed by atoms with Crippen LogP contribution in [0.2, 0.25) is 0 Å². The van der Waals surface area contributed by atoms with Gasteiger partial charge in [0.15, 0.2) is 0 Å². The Morgan fingerprint density at radius 3 is 0.716 bits per heavy atom. The molecule has 0 radical (unpaired) electrons. The first-order valence-corrected chi connectivity index (χ1v) is 25.4. The lowest BCUT2D eigenvalue weighted by atomic mass is 9.96. The zero-order valence-corrected chi connectivity index (χ0v) is 40.3. The number of hydrogen-bond donors (Lipinski definition) is 0. The summed E-state index contributed by atoms with van der Waals surface area (Å²) in [5, 5.41) is 9.48. The predicted octanol–water partition coefficient (Wildman–Crippen LogP) is 18.4. The highest BCUT2D eigenvalue weighted by Crippen LogP contribution is 2.47. The first-order valence-electron chi connectivity index (χ1n) is 25.4. The molecule has 346 valence electrons. The zero-order chi connectivity index (χ0) is 48.7. The molecule has 0 aliphatic rings. The van der Waals surface area contributed by atoms with E-state index in [1.165, 1.54) is 21.5 Å². The summed E-state index contributed by atoms with van der Waals surface area (Å²) >= 11 is 0. The van der Waals surface area contributed by atoms with Crippen LogP contribution in [0.15, 0.2) is 279 Å². The largest absolute Gasteiger partial charge is 0.309 e. The number of hydrogen-bond acceptors (Lipinski definition) is 0. The summed E-state index contributed by atoms with van der Waals surface area (Å²) in [6.07, 6.45) is 0. The predicted molar refractivity (Wildman–Crippen MR) is 311 cm³/mol. The van der Waals surface area contributed by atoms with Gasteiger partial charge < -0.3 is 18.3 Å². The minimum Gasteiger partial charge on any atom is -0.309 e. The molecule has 0 spiro atoms. The van der Waals surface area contributed by atoms with Gasteiger partial charge in [-0.05, 0) is 95.1 Å². The minimum absolute atomic E-state index is 1.08. The van der Waals surface area contributed by atoms with E-state index in [0.717, 1.165) is 111 Å². The highest BCUT2D eigenvalue weighted by Gasteiger charge is 2.26. The summed E-state index contributed by atoms with van der Waals surface area (Å²) in [7, 11) is 0. The lowest BCUT2D eigenvalue weighted by Gasteiger charge is -2.24. The molecule has 4 aromatic heterocycles. The average Bonchev–Trinajstić information content (AvgIpc) is 4.27. The van der Waals surface area contributed by atoms with Crippen LogP contribution in [0.5, 0.6) is 0 Å². The normalized spacial score (nSPS) is 11.8. The van der Waals surface area contributed by atoms with Gasteiger partial charge in [-0.2, -0.15) is 0 Å². The summed E-state index contributed by atoms with van der Waals surface area (Å²) in [6.45, 7) is 0. The van der Waals surface area contributed by atoms with Gasteiger partial charge in [0.1, 0.15) is 0 Å². The maximum Gasteiger partial charge on any atom is 0.0621 e. The molecule has 4 nitrogen and oxygen atoms in total. The van der Waals surface area contributed by atoms with Gasteiger partial charge in [0, 0.05) is 54.5 Å². The topological polar surface area (TPSA) is 19.7 Å². The fourth-order valence-electron chi connectivity index (χ4n) is 12.0. The molecule has 0 N–H and O–H groups in total. The maximum atomic E-state index is 2.54. The van der Waals surface area contributed by atoms with Crippen LogP contribution in [0.1, 0.15) is 0 Å². The molecule has 4 heteroatoms. The van der Waals surface area contributed by atoms with Gasteiger partial charge in [0.2, 0.25) is 0 Å². The molecular formula is C70H46N4. The van der Waals surface area contributed by atoms with Crippen LogP contribution in [-0.2, 0) is 0 Å². The van der Waals surface area contributed by atoms with E-state index >= 15 is 0 Å². The quantitative estimate of drug-likeness (QED) is 0.135. The Bertz CT molecular complexity index is 4110. The van der Waals surface area contributed by atoms with Gasteiger partial charge in [-0.15, -0.1) is 0 Å². The summed E-state index contributed by atoms with van der Waals surface area (Å²) in [5.41, 5.74) is 18.2. The number of nitrogens with zero attached hydrogens (tertiary/aromatic N) is 4. The zero-order valence-electron chi connectivity index (χ0n) is 40.3. The van der Waals surface area contributed by atoms with Crippen LogP contribution >= 0.6 is 0 Å². The molecule has 0 aliphatic heterocycles. The Morgan fingerprint density at radius 2 is 0.432 bits per heavy atom. The average molecular weight is 943 g/mol. The molecule has 0 saturated carbocycles. The second-order valence-electron chi connectivity index (χ2n) is 19.2. The van der Waals surface area contributed by atoms with Gasteiger partial charge in [-0.1, -0.05) is 206 Å². The third-order valence-corrected chi connectivity index (χ3v) is 15.2. The van der Waals surface area contributed by atoms with E-state index in [1.54, 1.807) is 0 Å². The van der Waals surface area contributed by atoms with Gasteiger partial charge in [0.05, 0.1) is 56.2 Å². The molecule has 4 heterocycles. The first-order chi connectivity index (χ1) is 36.8. The number of benzene rings is 11. The third kappa shape index (κ3) is 6.42. The van der Waals surface area contributed by atoms with Crippen LogP contribution in [-0.4, -0.2) is 18.3 Å². The molecule has 0 fully saturated rings. The molecule has 0 saturated heterocycles. The van der Waals surface area contributed by atoms with Crippen molar-refractivity contribution in [2.75, 3.05) is 0 Å². The standard InChI is InChI=1S/C70H46N4/c1-5-21-47(22-6-1)61-41-42-62(48-23-7-2-8-24-48)71(61)51-37-39-57-59(45-51)69(73-65-33-17-13-29-53(65)54-30-14-18-34-66(54)73)58-40-38-52(72-63(49-25-9-3-10-26-49)43-44-64(72)50-27-11-4-12-28-50)46-60(58)70(57)74-67-35-19-15-31-55(67)56-32-16-20-36-68(56)74/h1-46H. The summed E-state index contributed by atoms with van der Waals surface area (Å²) in [4.78, 5) is 0. The molecular weight excluding hydrogens is 897 g/mol. The number of rotatable bonds is 8. The molecule has 0 unspecified atom stereocenters. The van der Waals surface area contributed by atoms with Crippen LogP contribution < -0.4 is 0 Å². The van der Waals surface area contributed by atoms with Crippen LogP contribution in [0.3, 0.4) is 0 Å². The van der Waals surface area contributed by atoms with Crippen LogP contribution in [0, 0.1) is 0 Å². The molecule has 15 rings (SSSR count). The molecule has 0 atom stereocenters. The van der Waals surface area contributed by atoms with E-state index in [2.05, 4.69) is 297 Å². The van der Waals surface area contributed by atoms with Gasteiger partial charge in [0.25, 0.3) is 0 Å². The van der Waals surface area contributed by atoms with Crippen LogP contribution in [0.4, 0.5) is 0 Å². The summed E-state index contributed by atoms with van der Waals surface area (Å²) < 4.78 is 9.99. The van der Waals surface area contributed by atoms with E-state index in [4.69, 9.17) is 0 Å². The van der Waals surface area contributed by atoms with E-state index in [-0.39, 0.29) is 0 Å². The summed E-state index contributed by atoms with van der Waals surface area (Å²) in [5.74, 6) is 0. The maximum absolute atomic E-state index is 2.54. The van der Waals surface area contributed by atoms with Gasteiger partial charge >= 0.3 is 0 Å². The molecule has 74 heavy (non-hydrogen) atoms. The molecule has 15 aromatic rings. The molecule has 0 bridgehead atoms. The van der Waals surface area contributed by atoms with Crippen molar-refractivity contribution in [3.8, 4) is 67.8 Å². The highest BCUT2D eigenvalue weighted by atomic mass is 15.0.